The van der Waals surface area contributed by atoms with Crippen LogP contribution in [0.1, 0.15) is 27.2 Å². The number of fused-ring (bicyclic) bond motifs is 1. The normalized spacial score (nSPS) is 38.3. The van der Waals surface area contributed by atoms with E-state index in [-0.39, 0.29) is 17.5 Å². The monoisotopic (exact) mass is 182 g/mol. The van der Waals surface area contributed by atoms with Crippen LogP contribution in [-0.2, 0) is 9.53 Å². The largest absolute Gasteiger partial charge is 0.386 e. The lowest BCUT2D eigenvalue weighted by atomic mass is 9.83. The molecule has 0 aromatic heterocycles. The minimum Gasteiger partial charge on any atom is -0.386 e. The van der Waals surface area contributed by atoms with Gasteiger partial charge in [0.05, 0.1) is 5.60 Å². The Hall–Kier alpha value is -0.670. The number of hydrogen-bond donors (Lipinski definition) is 1. The second-order valence-electron chi connectivity index (χ2n) is 4.56. The van der Waals surface area contributed by atoms with Gasteiger partial charge in [-0.15, -0.1) is 0 Å². The highest BCUT2D eigenvalue weighted by Gasteiger charge is 2.59. The molecule has 13 heavy (non-hydrogen) atoms. The zero-order valence-electron chi connectivity index (χ0n) is 8.13. The topological polar surface area (TPSA) is 49.8 Å². The van der Waals surface area contributed by atoms with Crippen molar-refractivity contribution in [3.63, 3.8) is 0 Å². The van der Waals surface area contributed by atoms with Crippen LogP contribution in [-0.4, -0.2) is 28.2 Å². The molecule has 0 unspecified atom stereocenters. The lowest BCUT2D eigenvalue weighted by molar-refractivity contribution is -0.118. The first-order valence-electron chi connectivity index (χ1n) is 4.50. The third kappa shape index (κ3) is 1.23. The first-order chi connectivity index (χ1) is 5.84. The molecule has 1 N–H and O–H groups in total. The molecule has 2 atom stereocenters. The van der Waals surface area contributed by atoms with Crippen molar-refractivity contribution >= 4 is 5.78 Å². The van der Waals surface area contributed by atoms with Crippen molar-refractivity contribution in [3.05, 3.63) is 11.6 Å². The summed E-state index contributed by atoms with van der Waals surface area (Å²) in [4.78, 5) is 11.7. The maximum atomic E-state index is 11.7. The van der Waals surface area contributed by atoms with Gasteiger partial charge in [-0.3, -0.25) is 4.79 Å². The van der Waals surface area contributed by atoms with Gasteiger partial charge in [-0.1, -0.05) is 6.08 Å². The lowest BCUT2D eigenvalue weighted by Gasteiger charge is -2.23. The van der Waals surface area contributed by atoms with E-state index in [0.29, 0.717) is 5.57 Å². The zero-order valence-corrected chi connectivity index (χ0v) is 8.13. The number of carbonyl (C=O) groups is 1. The Morgan fingerprint density at radius 2 is 2.31 bits per heavy atom. The van der Waals surface area contributed by atoms with Crippen LogP contribution in [0, 0.1) is 0 Å². The molecule has 1 aliphatic carbocycles. The van der Waals surface area contributed by atoms with Gasteiger partial charge in [0.2, 0.25) is 0 Å². The van der Waals surface area contributed by atoms with Crippen LogP contribution in [0.5, 0.6) is 0 Å². The van der Waals surface area contributed by atoms with E-state index in [1.807, 2.05) is 6.92 Å². The Kier molecular flexibility index (Phi) is 1.52. The number of rotatable bonds is 1. The summed E-state index contributed by atoms with van der Waals surface area (Å²) in [5, 5.41) is 9.69. The number of epoxide rings is 1. The van der Waals surface area contributed by atoms with Gasteiger partial charge >= 0.3 is 0 Å². The van der Waals surface area contributed by atoms with Crippen LogP contribution < -0.4 is 0 Å². The first-order valence-corrected chi connectivity index (χ1v) is 4.50. The molecule has 72 valence electrons. The molecule has 1 saturated heterocycles. The summed E-state index contributed by atoms with van der Waals surface area (Å²) in [6.45, 7) is 5.18. The average molecular weight is 182 g/mol. The van der Waals surface area contributed by atoms with Crippen molar-refractivity contribution < 1.29 is 14.6 Å². The molecule has 2 aliphatic rings. The van der Waals surface area contributed by atoms with E-state index in [4.69, 9.17) is 4.74 Å². The molecule has 3 nitrogen and oxygen atoms in total. The first kappa shape index (κ1) is 8.91. The summed E-state index contributed by atoms with van der Waals surface area (Å²) in [6, 6.07) is 0. The number of ether oxygens (including phenoxy) is 1. The van der Waals surface area contributed by atoms with E-state index in [9.17, 15) is 9.90 Å². The molecule has 0 spiro atoms. The predicted molar refractivity (Wildman–Crippen MR) is 47.3 cm³/mol. The predicted octanol–water partition coefficient (Wildman–Crippen LogP) is 0.814. The van der Waals surface area contributed by atoms with Gasteiger partial charge in [0.25, 0.3) is 0 Å². The Balaban J connectivity index is 2.29. The quantitative estimate of drug-likeness (QED) is 0.610. The lowest BCUT2D eigenvalue weighted by Crippen LogP contribution is -2.34. The summed E-state index contributed by atoms with van der Waals surface area (Å²) < 4.78 is 5.29. The highest BCUT2D eigenvalue weighted by Crippen LogP contribution is 2.46. The minimum atomic E-state index is -1.04. The molecular weight excluding hydrogens is 168 g/mol. The van der Waals surface area contributed by atoms with Crippen LogP contribution in [0.2, 0.25) is 0 Å². The Labute approximate surface area is 77.4 Å². The van der Waals surface area contributed by atoms with E-state index < -0.39 is 5.60 Å². The number of hydrogen-bond acceptors (Lipinski definition) is 3. The number of Topliss-reactive ketones (excluding diaryl/α,β-unsaturated/α-hetero) is 1. The molecule has 0 amide bonds. The molecule has 1 fully saturated rings. The van der Waals surface area contributed by atoms with E-state index in [0.717, 1.165) is 6.42 Å². The molecule has 0 radical (unpaired) electrons. The summed E-state index contributed by atoms with van der Waals surface area (Å²) in [5.41, 5.74) is -0.816. The Bertz CT molecular complexity index is 298. The van der Waals surface area contributed by atoms with E-state index >= 15 is 0 Å². The molecule has 0 saturated carbocycles. The van der Waals surface area contributed by atoms with Gasteiger partial charge in [-0.2, -0.15) is 0 Å². The smallest absolute Gasteiger partial charge is 0.193 e. The van der Waals surface area contributed by atoms with Crippen molar-refractivity contribution in [2.45, 2.75) is 44.5 Å². The van der Waals surface area contributed by atoms with Gasteiger partial charge in [-0.05, 0) is 27.2 Å². The zero-order chi connectivity index (χ0) is 9.85. The molecular formula is C10H14O3. The summed E-state index contributed by atoms with van der Waals surface area (Å²) in [6.07, 6.45) is 2.22. The number of carbonyl (C=O) groups excluding carboxylic acids is 1. The summed E-state index contributed by atoms with van der Waals surface area (Å²) in [5.74, 6) is -0.0544. The van der Waals surface area contributed by atoms with Crippen molar-refractivity contribution in [2.75, 3.05) is 0 Å². The molecule has 3 heteroatoms. The van der Waals surface area contributed by atoms with Gasteiger partial charge in [0.1, 0.15) is 11.7 Å². The standard InChI is InChI=1S/C10H14O3/c1-9(2,12)6-4-5-10(3)8(13-10)7(6)11/h4,8,12H,5H2,1-3H3/t8-,10+/m0/s1. The molecule has 0 aromatic carbocycles. The van der Waals surface area contributed by atoms with Crippen molar-refractivity contribution in [1.29, 1.82) is 0 Å². The Morgan fingerprint density at radius 1 is 1.69 bits per heavy atom. The summed E-state index contributed by atoms with van der Waals surface area (Å²) >= 11 is 0. The third-order valence-electron chi connectivity index (χ3n) is 2.76. The minimum absolute atomic E-state index is 0.0544. The average Bonchev–Trinajstić information content (AvgIpc) is 2.60. The van der Waals surface area contributed by atoms with Crippen LogP contribution in [0.25, 0.3) is 0 Å². The van der Waals surface area contributed by atoms with Gasteiger partial charge in [0.15, 0.2) is 5.78 Å². The van der Waals surface area contributed by atoms with Crippen LogP contribution in [0.3, 0.4) is 0 Å². The SMILES string of the molecule is CC(C)(O)C1=CC[C@@]2(C)O[C@H]2C1=O. The molecule has 2 rings (SSSR count). The third-order valence-corrected chi connectivity index (χ3v) is 2.76. The fourth-order valence-corrected chi connectivity index (χ4v) is 1.82. The fourth-order valence-electron chi connectivity index (χ4n) is 1.82. The van der Waals surface area contributed by atoms with Gasteiger partial charge < -0.3 is 9.84 Å². The summed E-state index contributed by atoms with van der Waals surface area (Å²) in [7, 11) is 0. The highest BCUT2D eigenvalue weighted by atomic mass is 16.6. The number of ketones is 1. The van der Waals surface area contributed by atoms with E-state index in [1.54, 1.807) is 19.9 Å². The highest BCUT2D eigenvalue weighted by molar-refractivity contribution is 6.04. The Morgan fingerprint density at radius 3 is 2.85 bits per heavy atom. The van der Waals surface area contributed by atoms with Crippen LogP contribution >= 0.6 is 0 Å². The van der Waals surface area contributed by atoms with Gasteiger partial charge in [-0.25, -0.2) is 0 Å². The van der Waals surface area contributed by atoms with Crippen LogP contribution in [0.15, 0.2) is 11.6 Å². The maximum absolute atomic E-state index is 11.7. The second-order valence-corrected chi connectivity index (χ2v) is 4.56. The van der Waals surface area contributed by atoms with Gasteiger partial charge in [0, 0.05) is 5.57 Å². The maximum Gasteiger partial charge on any atom is 0.193 e. The van der Waals surface area contributed by atoms with E-state index in [1.165, 1.54) is 0 Å². The number of aliphatic hydroxyl groups is 1. The van der Waals surface area contributed by atoms with Crippen LogP contribution in [0.4, 0.5) is 0 Å². The molecule has 0 aromatic rings. The van der Waals surface area contributed by atoms with Crippen molar-refractivity contribution in [1.82, 2.24) is 0 Å². The molecule has 1 aliphatic heterocycles. The molecule has 1 heterocycles. The van der Waals surface area contributed by atoms with Crippen molar-refractivity contribution in [3.8, 4) is 0 Å². The molecule has 0 bridgehead atoms. The fraction of sp³-hybridized carbons (Fsp3) is 0.700. The van der Waals surface area contributed by atoms with Crippen molar-refractivity contribution in [2.24, 2.45) is 0 Å². The second kappa shape index (κ2) is 2.22. The van der Waals surface area contributed by atoms with E-state index in [2.05, 4.69) is 0 Å².